The summed E-state index contributed by atoms with van der Waals surface area (Å²) < 4.78 is 0. The Morgan fingerprint density at radius 1 is 1.17 bits per heavy atom. The van der Waals surface area contributed by atoms with Crippen molar-refractivity contribution in [3.63, 3.8) is 0 Å². The number of nitrogens with zero attached hydrogens (tertiary/aromatic N) is 5. The van der Waals surface area contributed by atoms with Gasteiger partial charge in [-0.15, -0.1) is 0 Å². The van der Waals surface area contributed by atoms with Crippen LogP contribution in [-0.4, -0.2) is 71.4 Å². The van der Waals surface area contributed by atoms with E-state index >= 15 is 0 Å². The van der Waals surface area contributed by atoms with Gasteiger partial charge in [-0.05, 0) is 6.42 Å². The molecule has 0 saturated carbocycles. The van der Waals surface area contributed by atoms with E-state index in [1.54, 1.807) is 25.1 Å². The minimum atomic E-state index is -0.0982. The molecule has 0 radical (unpaired) electrons. The average Bonchev–Trinajstić information content (AvgIpc) is 2.59. The van der Waals surface area contributed by atoms with Gasteiger partial charge in [0.1, 0.15) is 11.5 Å². The van der Waals surface area contributed by atoms with Crippen LogP contribution < -0.4 is 4.90 Å². The molecule has 1 aliphatic rings. The summed E-state index contributed by atoms with van der Waals surface area (Å²) in [5, 5.41) is 0. The first-order valence-electron chi connectivity index (χ1n) is 8.11. The molecule has 1 aromatic heterocycles. The van der Waals surface area contributed by atoms with Gasteiger partial charge in [0, 0.05) is 46.7 Å². The van der Waals surface area contributed by atoms with Crippen LogP contribution in [0.25, 0.3) is 0 Å². The zero-order valence-electron chi connectivity index (χ0n) is 14.2. The Morgan fingerprint density at radius 3 is 2.39 bits per heavy atom. The highest BCUT2D eigenvalue weighted by molar-refractivity contribution is 5.91. The van der Waals surface area contributed by atoms with Gasteiger partial charge in [0.2, 0.25) is 5.91 Å². The third-order valence-electron chi connectivity index (χ3n) is 4.10. The summed E-state index contributed by atoms with van der Waals surface area (Å²) in [6.07, 6.45) is 5.21. The van der Waals surface area contributed by atoms with Crippen molar-refractivity contribution < 1.29 is 9.59 Å². The Morgan fingerprint density at radius 2 is 1.87 bits per heavy atom. The number of amides is 2. The van der Waals surface area contributed by atoms with Gasteiger partial charge in [0.05, 0.1) is 12.4 Å². The molecule has 0 aromatic carbocycles. The SMILES string of the molecule is CCCCN(C)C(=O)c1cnc(N2CCN(C(C)=O)CC2)cn1. The molecule has 126 valence electrons. The second kappa shape index (κ2) is 7.89. The Bertz CT molecular complexity index is 538. The summed E-state index contributed by atoms with van der Waals surface area (Å²) in [7, 11) is 1.79. The molecule has 2 rings (SSSR count). The normalized spacial score (nSPS) is 14.7. The van der Waals surface area contributed by atoms with Gasteiger partial charge in [0.15, 0.2) is 0 Å². The number of piperazine rings is 1. The van der Waals surface area contributed by atoms with E-state index in [2.05, 4.69) is 21.8 Å². The van der Waals surface area contributed by atoms with E-state index in [1.807, 2.05) is 4.90 Å². The maximum atomic E-state index is 12.2. The molecule has 2 amide bonds. The highest BCUT2D eigenvalue weighted by atomic mass is 16.2. The quantitative estimate of drug-likeness (QED) is 0.810. The minimum absolute atomic E-state index is 0.0982. The van der Waals surface area contributed by atoms with Crippen molar-refractivity contribution >= 4 is 17.6 Å². The van der Waals surface area contributed by atoms with Gasteiger partial charge >= 0.3 is 0 Å². The fourth-order valence-electron chi connectivity index (χ4n) is 2.54. The molecular weight excluding hydrogens is 294 g/mol. The van der Waals surface area contributed by atoms with E-state index in [-0.39, 0.29) is 11.8 Å². The first kappa shape index (κ1) is 17.2. The van der Waals surface area contributed by atoms with Gasteiger partial charge in [-0.25, -0.2) is 9.97 Å². The summed E-state index contributed by atoms with van der Waals surface area (Å²) in [5.41, 5.74) is 0.370. The first-order valence-corrected chi connectivity index (χ1v) is 8.11. The maximum Gasteiger partial charge on any atom is 0.273 e. The molecule has 0 aliphatic carbocycles. The fraction of sp³-hybridized carbons (Fsp3) is 0.625. The molecule has 0 atom stereocenters. The number of unbranched alkanes of at least 4 members (excludes halogenated alkanes) is 1. The van der Waals surface area contributed by atoms with Crippen LogP contribution >= 0.6 is 0 Å². The Balaban J connectivity index is 1.94. The highest BCUT2D eigenvalue weighted by Crippen LogP contribution is 2.13. The van der Waals surface area contributed by atoms with E-state index in [0.717, 1.165) is 38.3 Å². The summed E-state index contributed by atoms with van der Waals surface area (Å²) >= 11 is 0. The molecule has 0 bridgehead atoms. The number of rotatable bonds is 5. The van der Waals surface area contributed by atoms with Crippen LogP contribution in [0.2, 0.25) is 0 Å². The second-order valence-corrected chi connectivity index (χ2v) is 5.83. The molecule has 0 spiro atoms. The molecule has 0 N–H and O–H groups in total. The van der Waals surface area contributed by atoms with E-state index in [4.69, 9.17) is 0 Å². The van der Waals surface area contributed by atoms with Crippen molar-refractivity contribution in [2.45, 2.75) is 26.7 Å². The van der Waals surface area contributed by atoms with E-state index in [0.29, 0.717) is 18.8 Å². The van der Waals surface area contributed by atoms with Crippen molar-refractivity contribution in [2.24, 2.45) is 0 Å². The van der Waals surface area contributed by atoms with E-state index in [9.17, 15) is 9.59 Å². The third kappa shape index (κ3) is 4.40. The fourth-order valence-corrected chi connectivity index (χ4v) is 2.54. The molecule has 1 aliphatic heterocycles. The zero-order chi connectivity index (χ0) is 16.8. The lowest BCUT2D eigenvalue weighted by molar-refractivity contribution is -0.129. The van der Waals surface area contributed by atoms with Gasteiger partial charge in [-0.1, -0.05) is 13.3 Å². The number of carbonyl (C=O) groups excluding carboxylic acids is 2. The minimum Gasteiger partial charge on any atom is -0.352 e. The predicted octanol–water partition coefficient (Wildman–Crippen LogP) is 1.02. The van der Waals surface area contributed by atoms with Crippen molar-refractivity contribution in [3.8, 4) is 0 Å². The topological polar surface area (TPSA) is 69.6 Å². The Labute approximate surface area is 137 Å². The van der Waals surface area contributed by atoms with Crippen molar-refractivity contribution in [3.05, 3.63) is 18.1 Å². The van der Waals surface area contributed by atoms with Crippen molar-refractivity contribution in [1.29, 1.82) is 0 Å². The zero-order valence-corrected chi connectivity index (χ0v) is 14.2. The highest BCUT2D eigenvalue weighted by Gasteiger charge is 2.20. The van der Waals surface area contributed by atoms with E-state index < -0.39 is 0 Å². The molecule has 1 aromatic rings. The third-order valence-corrected chi connectivity index (χ3v) is 4.10. The van der Waals surface area contributed by atoms with Crippen LogP contribution in [0.3, 0.4) is 0 Å². The summed E-state index contributed by atoms with van der Waals surface area (Å²) in [6.45, 7) is 7.26. The number of carbonyl (C=O) groups is 2. The van der Waals surface area contributed by atoms with Crippen LogP contribution in [0.4, 0.5) is 5.82 Å². The monoisotopic (exact) mass is 319 g/mol. The van der Waals surface area contributed by atoms with E-state index in [1.165, 1.54) is 6.20 Å². The summed E-state index contributed by atoms with van der Waals surface area (Å²) in [5.74, 6) is 0.756. The standard InChI is InChI=1S/C16H25N5O2/c1-4-5-6-19(3)16(23)14-11-18-15(12-17-14)21-9-7-20(8-10-21)13(2)22/h11-12H,4-10H2,1-3H3. The Hall–Kier alpha value is -2.18. The molecule has 0 unspecified atom stereocenters. The van der Waals surface area contributed by atoms with Crippen LogP contribution in [0.1, 0.15) is 37.2 Å². The lowest BCUT2D eigenvalue weighted by atomic mass is 10.3. The van der Waals surface area contributed by atoms with Crippen molar-refractivity contribution in [1.82, 2.24) is 19.8 Å². The van der Waals surface area contributed by atoms with Crippen molar-refractivity contribution in [2.75, 3.05) is 44.7 Å². The first-order chi connectivity index (χ1) is 11.0. The molecular formula is C16H25N5O2. The second-order valence-electron chi connectivity index (χ2n) is 5.83. The van der Waals surface area contributed by atoms with Gasteiger partial charge in [-0.2, -0.15) is 0 Å². The average molecular weight is 319 g/mol. The van der Waals surface area contributed by atoms with Gasteiger partial charge in [0.25, 0.3) is 5.91 Å². The number of aromatic nitrogens is 2. The number of hydrogen-bond donors (Lipinski definition) is 0. The molecule has 23 heavy (non-hydrogen) atoms. The number of anilines is 1. The van der Waals surface area contributed by atoms with Crippen LogP contribution in [-0.2, 0) is 4.79 Å². The lowest BCUT2D eigenvalue weighted by Gasteiger charge is -2.34. The lowest BCUT2D eigenvalue weighted by Crippen LogP contribution is -2.48. The largest absolute Gasteiger partial charge is 0.352 e. The van der Waals surface area contributed by atoms with Crippen LogP contribution in [0, 0.1) is 0 Å². The molecule has 2 heterocycles. The molecule has 1 fully saturated rings. The van der Waals surface area contributed by atoms with Crippen LogP contribution in [0.5, 0.6) is 0 Å². The summed E-state index contributed by atoms with van der Waals surface area (Å²) in [4.78, 5) is 37.8. The van der Waals surface area contributed by atoms with Gasteiger partial charge in [-0.3, -0.25) is 9.59 Å². The molecule has 7 heteroatoms. The summed E-state index contributed by atoms with van der Waals surface area (Å²) in [6, 6.07) is 0. The van der Waals surface area contributed by atoms with Crippen LogP contribution in [0.15, 0.2) is 12.4 Å². The molecule has 1 saturated heterocycles. The predicted molar refractivity (Wildman–Crippen MR) is 88.4 cm³/mol. The number of hydrogen-bond acceptors (Lipinski definition) is 5. The Kier molecular flexibility index (Phi) is 5.90. The van der Waals surface area contributed by atoms with Gasteiger partial charge < -0.3 is 14.7 Å². The molecule has 7 nitrogen and oxygen atoms in total. The smallest absolute Gasteiger partial charge is 0.273 e. The maximum absolute atomic E-state index is 12.2.